The van der Waals surface area contributed by atoms with Crippen LogP contribution in [0.5, 0.6) is 0 Å². The SMILES string of the molecule is N#CC1=C(N)N(c2nnc(SCC(=O)Nc3ccc(F)cc3F)s2)C2=C(C(=O)CCC2)C1c1ccccc1Br. The molecule has 0 saturated carbocycles. The number of nitrogens with zero attached hydrogens (tertiary/aromatic N) is 4. The molecular formula is C26H19BrF2N6O2S2. The lowest BCUT2D eigenvalue weighted by Crippen LogP contribution is -2.38. The molecule has 2 aliphatic rings. The Kier molecular flexibility index (Phi) is 7.79. The molecule has 0 bridgehead atoms. The van der Waals surface area contributed by atoms with E-state index in [2.05, 4.69) is 37.5 Å². The molecule has 3 N–H and O–H groups in total. The minimum absolute atomic E-state index is 0.0499. The molecule has 0 fully saturated rings. The average molecular weight is 630 g/mol. The topological polar surface area (TPSA) is 125 Å². The van der Waals surface area contributed by atoms with Crippen molar-refractivity contribution in [2.75, 3.05) is 16.0 Å². The molecule has 39 heavy (non-hydrogen) atoms. The molecule has 5 rings (SSSR count). The number of hydrogen-bond donors (Lipinski definition) is 2. The van der Waals surface area contributed by atoms with Crippen LogP contribution in [0.3, 0.4) is 0 Å². The Hall–Kier alpha value is -3.60. The molecular weight excluding hydrogens is 610 g/mol. The summed E-state index contributed by atoms with van der Waals surface area (Å²) in [6.45, 7) is 0. The van der Waals surface area contributed by atoms with Crippen LogP contribution in [-0.2, 0) is 9.59 Å². The summed E-state index contributed by atoms with van der Waals surface area (Å²) in [5, 5.41) is 21.3. The molecule has 0 saturated heterocycles. The van der Waals surface area contributed by atoms with Crippen LogP contribution in [0.2, 0.25) is 0 Å². The van der Waals surface area contributed by atoms with E-state index in [-0.39, 0.29) is 28.6 Å². The highest BCUT2D eigenvalue weighted by Crippen LogP contribution is 2.48. The first-order valence-electron chi connectivity index (χ1n) is 11.7. The summed E-state index contributed by atoms with van der Waals surface area (Å²) in [5.41, 5.74) is 8.65. The van der Waals surface area contributed by atoms with Crippen LogP contribution >= 0.6 is 39.0 Å². The Morgan fingerprint density at radius 2 is 2.05 bits per heavy atom. The fraction of sp³-hybridized carbons (Fsp3) is 0.192. The first kappa shape index (κ1) is 27.0. The van der Waals surface area contributed by atoms with Crippen LogP contribution in [0, 0.1) is 23.0 Å². The largest absolute Gasteiger partial charge is 0.384 e. The molecule has 1 atom stereocenters. The van der Waals surface area contributed by atoms with E-state index in [1.54, 1.807) is 4.90 Å². The molecule has 3 aromatic rings. The smallest absolute Gasteiger partial charge is 0.234 e. The van der Waals surface area contributed by atoms with Gasteiger partial charge in [-0.05, 0) is 36.6 Å². The molecule has 1 unspecified atom stereocenters. The predicted molar refractivity (Wildman–Crippen MR) is 148 cm³/mol. The van der Waals surface area contributed by atoms with Crippen molar-refractivity contribution in [2.24, 2.45) is 5.73 Å². The Balaban J connectivity index is 1.42. The number of rotatable bonds is 6. The van der Waals surface area contributed by atoms with E-state index >= 15 is 0 Å². The number of nitrogens with one attached hydrogen (secondary N) is 1. The maximum Gasteiger partial charge on any atom is 0.234 e. The maximum atomic E-state index is 13.8. The lowest BCUT2D eigenvalue weighted by Gasteiger charge is -2.38. The fourth-order valence-corrected chi connectivity index (χ4v) is 6.78. The minimum atomic E-state index is -0.876. The number of ketones is 1. The number of hydrogen-bond acceptors (Lipinski definition) is 9. The number of nitriles is 1. The van der Waals surface area contributed by atoms with Crippen molar-refractivity contribution >= 4 is 61.5 Å². The third-order valence-corrected chi connectivity index (χ3v) is 9.01. The quantitative estimate of drug-likeness (QED) is 0.337. The number of anilines is 2. The molecule has 1 aromatic heterocycles. The minimum Gasteiger partial charge on any atom is -0.384 e. The number of aromatic nitrogens is 2. The van der Waals surface area contributed by atoms with Gasteiger partial charge < -0.3 is 11.1 Å². The van der Waals surface area contributed by atoms with Crippen molar-refractivity contribution in [3.63, 3.8) is 0 Å². The number of thioether (sulfide) groups is 1. The van der Waals surface area contributed by atoms with Crippen LogP contribution in [0.25, 0.3) is 0 Å². The highest BCUT2D eigenvalue weighted by molar-refractivity contribution is 9.10. The highest BCUT2D eigenvalue weighted by Gasteiger charge is 2.41. The zero-order valence-corrected chi connectivity index (χ0v) is 23.3. The van der Waals surface area contributed by atoms with E-state index in [0.29, 0.717) is 46.1 Å². The van der Waals surface area contributed by atoms with Gasteiger partial charge >= 0.3 is 0 Å². The molecule has 1 amide bonds. The molecule has 0 radical (unpaired) electrons. The van der Waals surface area contributed by atoms with Gasteiger partial charge in [0, 0.05) is 28.2 Å². The van der Waals surface area contributed by atoms with Crippen molar-refractivity contribution in [1.29, 1.82) is 5.26 Å². The second-order valence-corrected chi connectivity index (χ2v) is 11.7. The molecule has 8 nitrogen and oxygen atoms in total. The fourth-order valence-electron chi connectivity index (χ4n) is 4.58. The molecule has 198 valence electrons. The first-order chi connectivity index (χ1) is 18.8. The van der Waals surface area contributed by atoms with Crippen LogP contribution in [-0.4, -0.2) is 27.6 Å². The summed E-state index contributed by atoms with van der Waals surface area (Å²) in [6.07, 6.45) is 1.56. The van der Waals surface area contributed by atoms with E-state index in [1.807, 2.05) is 24.3 Å². The zero-order valence-electron chi connectivity index (χ0n) is 20.1. The number of carbonyl (C=O) groups excluding carboxylic acids is 2. The second kappa shape index (κ2) is 11.3. The van der Waals surface area contributed by atoms with Gasteiger partial charge in [0.05, 0.1) is 29.0 Å². The Labute approximate surface area is 238 Å². The average Bonchev–Trinajstić information content (AvgIpc) is 3.37. The van der Waals surface area contributed by atoms with Gasteiger partial charge in [0.1, 0.15) is 17.5 Å². The number of Topliss-reactive ketones (excluding diaryl/α,β-unsaturated/α-hetero) is 1. The van der Waals surface area contributed by atoms with E-state index in [9.17, 15) is 23.6 Å². The van der Waals surface area contributed by atoms with Gasteiger partial charge in [0.15, 0.2) is 10.1 Å². The monoisotopic (exact) mass is 628 g/mol. The summed E-state index contributed by atoms with van der Waals surface area (Å²) in [5.74, 6) is -2.72. The number of carbonyl (C=O) groups is 2. The summed E-state index contributed by atoms with van der Waals surface area (Å²) in [7, 11) is 0. The van der Waals surface area contributed by atoms with Gasteiger partial charge in [0.25, 0.3) is 0 Å². The molecule has 1 aliphatic heterocycles. The highest BCUT2D eigenvalue weighted by atomic mass is 79.9. The number of benzene rings is 2. The molecule has 0 spiro atoms. The summed E-state index contributed by atoms with van der Waals surface area (Å²) < 4.78 is 28.2. The third-order valence-electron chi connectivity index (χ3n) is 6.25. The van der Waals surface area contributed by atoms with Gasteiger partial charge in [-0.2, -0.15) is 5.26 Å². The van der Waals surface area contributed by atoms with Crippen molar-refractivity contribution < 1.29 is 18.4 Å². The Morgan fingerprint density at radius 3 is 2.79 bits per heavy atom. The lowest BCUT2D eigenvalue weighted by atomic mass is 9.76. The number of allylic oxidation sites excluding steroid dienone is 3. The number of halogens is 3. The predicted octanol–water partition coefficient (Wildman–Crippen LogP) is 5.61. The van der Waals surface area contributed by atoms with E-state index < -0.39 is 23.5 Å². The Bertz CT molecular complexity index is 1600. The van der Waals surface area contributed by atoms with Crippen LogP contribution in [0.4, 0.5) is 19.6 Å². The van der Waals surface area contributed by atoms with Gasteiger partial charge in [-0.15, -0.1) is 10.2 Å². The van der Waals surface area contributed by atoms with Gasteiger partial charge in [-0.25, -0.2) is 8.78 Å². The molecule has 2 heterocycles. The van der Waals surface area contributed by atoms with Crippen molar-refractivity contribution in [2.45, 2.75) is 29.5 Å². The molecule has 1 aliphatic carbocycles. The molecule has 13 heteroatoms. The standard InChI is InChI=1S/C26H19BrF2N6O2S2/c27-16-5-2-1-4-14(16)22-15(11-30)24(31)35(19-6-3-7-20(36)23(19)22)25-33-34-26(39-25)38-12-21(37)32-18-9-8-13(28)10-17(18)29/h1-2,4-5,8-10,22H,3,6-7,12,31H2,(H,32,37). The second-order valence-electron chi connectivity index (χ2n) is 8.65. The maximum absolute atomic E-state index is 13.8. The summed E-state index contributed by atoms with van der Waals surface area (Å²) >= 11 is 5.78. The van der Waals surface area contributed by atoms with E-state index in [4.69, 9.17) is 5.73 Å². The van der Waals surface area contributed by atoms with E-state index in [1.165, 1.54) is 0 Å². The summed E-state index contributed by atoms with van der Waals surface area (Å²) in [6, 6.07) is 12.5. The zero-order chi connectivity index (χ0) is 27.7. The van der Waals surface area contributed by atoms with Crippen LogP contribution < -0.4 is 16.0 Å². The van der Waals surface area contributed by atoms with Crippen LogP contribution in [0.15, 0.2) is 73.9 Å². The number of nitrogens with two attached hydrogens (primary N) is 1. The van der Waals surface area contributed by atoms with Crippen molar-refractivity contribution in [3.05, 3.63) is 86.8 Å². The molecule has 2 aromatic carbocycles. The number of amides is 1. The Morgan fingerprint density at radius 1 is 1.26 bits per heavy atom. The van der Waals surface area contributed by atoms with Gasteiger partial charge in [-0.1, -0.05) is 57.2 Å². The van der Waals surface area contributed by atoms with Gasteiger partial charge in [-0.3, -0.25) is 14.5 Å². The van der Waals surface area contributed by atoms with Crippen LogP contribution in [0.1, 0.15) is 30.7 Å². The lowest BCUT2D eigenvalue weighted by molar-refractivity contribution is -0.116. The van der Waals surface area contributed by atoms with E-state index in [0.717, 1.165) is 45.3 Å². The normalized spacial score (nSPS) is 17.2. The first-order valence-corrected chi connectivity index (χ1v) is 14.3. The van der Waals surface area contributed by atoms with Crippen molar-refractivity contribution in [1.82, 2.24) is 10.2 Å². The third kappa shape index (κ3) is 5.32. The van der Waals surface area contributed by atoms with Gasteiger partial charge in [0.2, 0.25) is 11.0 Å². The summed E-state index contributed by atoms with van der Waals surface area (Å²) in [4.78, 5) is 27.2. The van der Waals surface area contributed by atoms with Crippen molar-refractivity contribution in [3.8, 4) is 6.07 Å².